The molecule has 134 valence electrons. The molecule has 0 aliphatic rings. The third-order valence-electron chi connectivity index (χ3n) is 3.51. The van der Waals surface area contributed by atoms with E-state index in [2.05, 4.69) is 10.6 Å². The molecular formula is C18H22N2O4S. The maximum absolute atomic E-state index is 5.35. The quantitative estimate of drug-likeness (QED) is 0.734. The van der Waals surface area contributed by atoms with Gasteiger partial charge in [0.15, 0.2) is 16.6 Å². The molecule has 0 bridgehead atoms. The fourth-order valence-electron chi connectivity index (χ4n) is 2.30. The normalized spacial score (nSPS) is 9.92. The molecule has 2 N–H and O–H groups in total. The molecule has 0 spiro atoms. The molecule has 6 nitrogen and oxygen atoms in total. The lowest BCUT2D eigenvalue weighted by atomic mass is 10.2. The van der Waals surface area contributed by atoms with Crippen molar-refractivity contribution in [2.75, 3.05) is 33.8 Å². The third-order valence-corrected chi connectivity index (χ3v) is 3.75. The lowest BCUT2D eigenvalue weighted by molar-refractivity contribution is 0.323. The predicted molar refractivity (Wildman–Crippen MR) is 102 cm³/mol. The van der Waals surface area contributed by atoms with Crippen molar-refractivity contribution in [3.63, 3.8) is 0 Å². The van der Waals surface area contributed by atoms with Gasteiger partial charge >= 0.3 is 0 Å². The van der Waals surface area contributed by atoms with E-state index in [0.29, 0.717) is 28.9 Å². The van der Waals surface area contributed by atoms with Crippen LogP contribution in [0.3, 0.4) is 0 Å². The lowest BCUT2D eigenvalue weighted by Crippen LogP contribution is -2.27. The SMILES string of the molecule is COc1cccc(NC(=S)NCc2cc(OC)c(OC)c(OC)c2)c1. The molecule has 2 rings (SSSR count). The van der Waals surface area contributed by atoms with Crippen LogP contribution in [0, 0.1) is 0 Å². The van der Waals surface area contributed by atoms with Gasteiger partial charge < -0.3 is 29.6 Å². The fraction of sp³-hybridized carbons (Fsp3) is 0.278. The Kier molecular flexibility index (Phi) is 6.71. The number of rotatable bonds is 7. The average molecular weight is 362 g/mol. The van der Waals surface area contributed by atoms with E-state index in [-0.39, 0.29) is 0 Å². The Labute approximate surface area is 153 Å². The van der Waals surface area contributed by atoms with Crippen molar-refractivity contribution in [2.24, 2.45) is 0 Å². The van der Waals surface area contributed by atoms with Crippen LogP contribution in [0.5, 0.6) is 23.0 Å². The van der Waals surface area contributed by atoms with E-state index in [1.165, 1.54) is 0 Å². The minimum absolute atomic E-state index is 0.502. The van der Waals surface area contributed by atoms with Gasteiger partial charge in [-0.1, -0.05) is 6.07 Å². The van der Waals surface area contributed by atoms with Crippen LogP contribution in [0.1, 0.15) is 5.56 Å². The van der Waals surface area contributed by atoms with Gasteiger partial charge in [-0.2, -0.15) is 0 Å². The first kappa shape index (κ1) is 18.7. The van der Waals surface area contributed by atoms with Gasteiger partial charge in [0, 0.05) is 18.3 Å². The van der Waals surface area contributed by atoms with Crippen LogP contribution in [-0.4, -0.2) is 33.6 Å². The number of nitrogens with one attached hydrogen (secondary N) is 2. The molecule has 0 aromatic heterocycles. The van der Waals surface area contributed by atoms with E-state index in [4.69, 9.17) is 31.2 Å². The molecule has 0 atom stereocenters. The molecule has 25 heavy (non-hydrogen) atoms. The van der Waals surface area contributed by atoms with Crippen molar-refractivity contribution in [3.05, 3.63) is 42.0 Å². The zero-order valence-electron chi connectivity index (χ0n) is 14.7. The summed E-state index contributed by atoms with van der Waals surface area (Å²) in [5, 5.41) is 6.77. The smallest absolute Gasteiger partial charge is 0.203 e. The van der Waals surface area contributed by atoms with Crippen molar-refractivity contribution in [1.29, 1.82) is 0 Å². The number of methoxy groups -OCH3 is 4. The number of ether oxygens (including phenoxy) is 4. The molecule has 0 fully saturated rings. The Hall–Kier alpha value is -2.67. The summed E-state index contributed by atoms with van der Waals surface area (Å²) in [6.07, 6.45) is 0. The van der Waals surface area contributed by atoms with Crippen molar-refractivity contribution in [3.8, 4) is 23.0 Å². The highest BCUT2D eigenvalue weighted by molar-refractivity contribution is 7.80. The second-order valence-electron chi connectivity index (χ2n) is 5.07. The van der Waals surface area contributed by atoms with E-state index < -0.39 is 0 Å². The second kappa shape index (κ2) is 8.98. The summed E-state index contributed by atoms with van der Waals surface area (Å²) >= 11 is 5.34. The zero-order valence-corrected chi connectivity index (χ0v) is 15.5. The molecule has 0 saturated heterocycles. The van der Waals surface area contributed by atoms with Gasteiger partial charge in [-0.25, -0.2) is 0 Å². The van der Waals surface area contributed by atoms with Gasteiger partial charge in [-0.05, 0) is 42.0 Å². The minimum atomic E-state index is 0.502. The molecule has 2 aromatic carbocycles. The summed E-state index contributed by atoms with van der Waals surface area (Å²) in [6, 6.07) is 11.3. The highest BCUT2D eigenvalue weighted by atomic mass is 32.1. The Morgan fingerprint density at radius 2 is 1.60 bits per heavy atom. The second-order valence-corrected chi connectivity index (χ2v) is 5.48. The topological polar surface area (TPSA) is 61.0 Å². The molecule has 0 heterocycles. The molecular weight excluding hydrogens is 340 g/mol. The highest BCUT2D eigenvalue weighted by Gasteiger charge is 2.13. The van der Waals surface area contributed by atoms with Crippen molar-refractivity contribution >= 4 is 23.0 Å². The van der Waals surface area contributed by atoms with Crippen LogP contribution in [-0.2, 0) is 6.54 Å². The number of benzene rings is 2. The molecule has 2 aromatic rings. The average Bonchev–Trinajstić information content (AvgIpc) is 2.65. The first-order valence-corrected chi connectivity index (χ1v) is 8.00. The Morgan fingerprint density at radius 1 is 0.920 bits per heavy atom. The summed E-state index contributed by atoms with van der Waals surface area (Å²) in [5.41, 5.74) is 1.80. The Bertz CT molecular complexity index is 712. The maximum atomic E-state index is 5.35. The summed E-state index contributed by atoms with van der Waals surface area (Å²) in [6.45, 7) is 0.506. The molecule has 0 amide bonds. The van der Waals surface area contributed by atoms with E-state index in [9.17, 15) is 0 Å². The molecule has 0 aliphatic heterocycles. The first-order valence-electron chi connectivity index (χ1n) is 7.59. The summed E-state index contributed by atoms with van der Waals surface area (Å²) in [7, 11) is 6.37. The monoisotopic (exact) mass is 362 g/mol. The van der Waals surface area contributed by atoms with Crippen LogP contribution in [0.15, 0.2) is 36.4 Å². The lowest BCUT2D eigenvalue weighted by Gasteiger charge is -2.15. The van der Waals surface area contributed by atoms with E-state index in [0.717, 1.165) is 17.0 Å². The van der Waals surface area contributed by atoms with E-state index >= 15 is 0 Å². The third kappa shape index (κ3) is 4.90. The maximum Gasteiger partial charge on any atom is 0.203 e. The molecule has 7 heteroatoms. The number of hydrogen-bond acceptors (Lipinski definition) is 5. The van der Waals surface area contributed by atoms with Gasteiger partial charge in [-0.3, -0.25) is 0 Å². The largest absolute Gasteiger partial charge is 0.497 e. The van der Waals surface area contributed by atoms with E-state index in [1.807, 2.05) is 36.4 Å². The Morgan fingerprint density at radius 3 is 2.16 bits per heavy atom. The fourth-order valence-corrected chi connectivity index (χ4v) is 2.49. The van der Waals surface area contributed by atoms with Gasteiger partial charge in [0.1, 0.15) is 5.75 Å². The summed E-state index contributed by atoms with van der Waals surface area (Å²) in [4.78, 5) is 0. The number of thiocarbonyl (C=S) groups is 1. The van der Waals surface area contributed by atoms with Crippen molar-refractivity contribution in [2.45, 2.75) is 6.54 Å². The molecule has 0 unspecified atom stereocenters. The molecule has 0 aliphatic carbocycles. The zero-order chi connectivity index (χ0) is 18.2. The van der Waals surface area contributed by atoms with Crippen LogP contribution in [0.2, 0.25) is 0 Å². The summed E-state index contributed by atoms with van der Waals surface area (Å²) < 4.78 is 21.2. The van der Waals surface area contributed by atoms with Crippen LogP contribution in [0.25, 0.3) is 0 Å². The predicted octanol–water partition coefficient (Wildman–Crippen LogP) is 3.21. The van der Waals surface area contributed by atoms with Gasteiger partial charge in [0.2, 0.25) is 5.75 Å². The first-order chi connectivity index (χ1) is 12.1. The molecule has 0 radical (unpaired) electrons. The highest BCUT2D eigenvalue weighted by Crippen LogP contribution is 2.38. The molecule has 0 saturated carbocycles. The number of anilines is 1. The van der Waals surface area contributed by atoms with Crippen molar-refractivity contribution < 1.29 is 18.9 Å². The van der Waals surface area contributed by atoms with Crippen molar-refractivity contribution in [1.82, 2.24) is 5.32 Å². The number of hydrogen-bond donors (Lipinski definition) is 2. The minimum Gasteiger partial charge on any atom is -0.497 e. The van der Waals surface area contributed by atoms with Gasteiger partial charge in [0.05, 0.1) is 28.4 Å². The Balaban J connectivity index is 2.03. The van der Waals surface area contributed by atoms with Crippen LogP contribution >= 0.6 is 12.2 Å². The standard InChI is InChI=1S/C18H22N2O4S/c1-21-14-7-5-6-13(10-14)20-18(25)19-11-12-8-15(22-2)17(24-4)16(9-12)23-3/h5-10H,11H2,1-4H3,(H2,19,20,25). The van der Waals surface area contributed by atoms with Crippen LogP contribution < -0.4 is 29.6 Å². The van der Waals surface area contributed by atoms with E-state index in [1.54, 1.807) is 28.4 Å². The van der Waals surface area contributed by atoms with Gasteiger partial charge in [0.25, 0.3) is 0 Å². The summed E-state index contributed by atoms with van der Waals surface area (Å²) in [5.74, 6) is 2.53. The van der Waals surface area contributed by atoms with Gasteiger partial charge in [-0.15, -0.1) is 0 Å². The van der Waals surface area contributed by atoms with Crippen LogP contribution in [0.4, 0.5) is 5.69 Å².